The summed E-state index contributed by atoms with van der Waals surface area (Å²) < 4.78 is 12.6. The van der Waals surface area contributed by atoms with Gasteiger partial charge in [-0.05, 0) is 37.1 Å². The van der Waals surface area contributed by atoms with Crippen molar-refractivity contribution in [3.05, 3.63) is 35.6 Å². The molecule has 0 spiro atoms. The molecule has 82 valence electrons. The molecule has 0 aromatic heterocycles. The van der Waals surface area contributed by atoms with Crippen LogP contribution in [-0.4, -0.2) is 11.9 Å². The average molecular weight is 209 g/mol. The SMILES string of the molecule is CC(C)[C@H](C)NC(=O)c1ccc(F)cc1. The molecule has 3 heteroatoms. The molecule has 0 fully saturated rings. The van der Waals surface area contributed by atoms with Gasteiger partial charge in [0.15, 0.2) is 0 Å². The number of amides is 1. The van der Waals surface area contributed by atoms with E-state index in [1.165, 1.54) is 24.3 Å². The molecule has 0 saturated carbocycles. The molecule has 2 nitrogen and oxygen atoms in total. The highest BCUT2D eigenvalue weighted by Gasteiger charge is 2.11. The fourth-order valence-corrected chi connectivity index (χ4v) is 1.06. The molecule has 0 radical (unpaired) electrons. The molecular weight excluding hydrogens is 193 g/mol. The Bertz CT molecular complexity index is 332. The monoisotopic (exact) mass is 209 g/mol. The largest absolute Gasteiger partial charge is 0.349 e. The van der Waals surface area contributed by atoms with E-state index in [2.05, 4.69) is 5.32 Å². The van der Waals surface area contributed by atoms with E-state index in [0.29, 0.717) is 11.5 Å². The van der Waals surface area contributed by atoms with E-state index in [0.717, 1.165) is 0 Å². The summed E-state index contributed by atoms with van der Waals surface area (Å²) in [5, 5.41) is 2.85. The summed E-state index contributed by atoms with van der Waals surface area (Å²) in [5.74, 6) is -0.103. The van der Waals surface area contributed by atoms with Crippen LogP contribution in [0.5, 0.6) is 0 Å². The molecule has 0 aliphatic carbocycles. The van der Waals surface area contributed by atoms with Gasteiger partial charge < -0.3 is 5.32 Å². The van der Waals surface area contributed by atoms with E-state index in [-0.39, 0.29) is 17.8 Å². The number of hydrogen-bond donors (Lipinski definition) is 1. The Morgan fingerprint density at radius 2 is 1.73 bits per heavy atom. The molecule has 0 aliphatic heterocycles. The Hall–Kier alpha value is -1.38. The zero-order valence-electron chi connectivity index (χ0n) is 9.25. The maximum Gasteiger partial charge on any atom is 0.251 e. The molecule has 1 aromatic carbocycles. The van der Waals surface area contributed by atoms with Gasteiger partial charge in [0.2, 0.25) is 0 Å². The van der Waals surface area contributed by atoms with Gasteiger partial charge in [0.25, 0.3) is 5.91 Å². The van der Waals surface area contributed by atoms with Crippen LogP contribution in [0.25, 0.3) is 0 Å². The second-order valence-electron chi connectivity index (χ2n) is 4.01. The smallest absolute Gasteiger partial charge is 0.251 e. The normalized spacial score (nSPS) is 12.6. The molecule has 0 unspecified atom stereocenters. The summed E-state index contributed by atoms with van der Waals surface area (Å²) in [4.78, 5) is 11.6. The predicted molar refractivity (Wildman–Crippen MR) is 58.2 cm³/mol. The maximum atomic E-state index is 12.6. The Morgan fingerprint density at radius 1 is 1.20 bits per heavy atom. The summed E-state index contributed by atoms with van der Waals surface area (Å²) in [5.41, 5.74) is 0.490. The lowest BCUT2D eigenvalue weighted by Crippen LogP contribution is -2.36. The van der Waals surface area contributed by atoms with Crippen molar-refractivity contribution in [2.45, 2.75) is 26.8 Å². The van der Waals surface area contributed by atoms with Crippen LogP contribution >= 0.6 is 0 Å². The second kappa shape index (κ2) is 4.91. The van der Waals surface area contributed by atoms with Crippen LogP contribution in [0, 0.1) is 11.7 Å². The Balaban J connectivity index is 2.65. The van der Waals surface area contributed by atoms with Gasteiger partial charge >= 0.3 is 0 Å². The van der Waals surface area contributed by atoms with Crippen molar-refractivity contribution in [3.8, 4) is 0 Å². The number of carbonyl (C=O) groups excluding carboxylic acids is 1. The van der Waals surface area contributed by atoms with Crippen molar-refractivity contribution in [2.24, 2.45) is 5.92 Å². The first-order valence-electron chi connectivity index (χ1n) is 5.07. The van der Waals surface area contributed by atoms with Gasteiger partial charge in [-0.2, -0.15) is 0 Å². The fourth-order valence-electron chi connectivity index (χ4n) is 1.06. The summed E-state index contributed by atoms with van der Waals surface area (Å²) in [6, 6.07) is 5.65. The van der Waals surface area contributed by atoms with E-state index in [1.807, 2.05) is 20.8 Å². The number of hydrogen-bond acceptors (Lipinski definition) is 1. The van der Waals surface area contributed by atoms with Crippen LogP contribution in [0.15, 0.2) is 24.3 Å². The number of benzene rings is 1. The van der Waals surface area contributed by atoms with E-state index in [4.69, 9.17) is 0 Å². The topological polar surface area (TPSA) is 29.1 Å². The quantitative estimate of drug-likeness (QED) is 0.814. The second-order valence-corrected chi connectivity index (χ2v) is 4.01. The molecule has 15 heavy (non-hydrogen) atoms. The number of rotatable bonds is 3. The van der Waals surface area contributed by atoms with Crippen molar-refractivity contribution in [3.63, 3.8) is 0 Å². The Labute approximate surface area is 89.5 Å². The fraction of sp³-hybridized carbons (Fsp3) is 0.417. The first-order chi connectivity index (χ1) is 7.00. The molecule has 1 aromatic rings. The highest BCUT2D eigenvalue weighted by Crippen LogP contribution is 2.05. The molecule has 1 atom stereocenters. The van der Waals surface area contributed by atoms with E-state index in [1.54, 1.807) is 0 Å². The zero-order chi connectivity index (χ0) is 11.4. The molecule has 1 N–H and O–H groups in total. The highest BCUT2D eigenvalue weighted by molar-refractivity contribution is 5.94. The van der Waals surface area contributed by atoms with Crippen molar-refractivity contribution in [1.82, 2.24) is 5.32 Å². The van der Waals surface area contributed by atoms with Crippen LogP contribution in [0.1, 0.15) is 31.1 Å². The van der Waals surface area contributed by atoms with Gasteiger partial charge in [0.05, 0.1) is 0 Å². The van der Waals surface area contributed by atoms with Gasteiger partial charge in [-0.1, -0.05) is 13.8 Å². The average Bonchev–Trinajstić information content (AvgIpc) is 2.18. The van der Waals surface area contributed by atoms with Crippen molar-refractivity contribution >= 4 is 5.91 Å². The van der Waals surface area contributed by atoms with Crippen molar-refractivity contribution < 1.29 is 9.18 Å². The van der Waals surface area contributed by atoms with Crippen LogP contribution < -0.4 is 5.32 Å². The van der Waals surface area contributed by atoms with Crippen LogP contribution in [0.4, 0.5) is 4.39 Å². The van der Waals surface area contributed by atoms with Gasteiger partial charge in [-0.3, -0.25) is 4.79 Å². The minimum atomic E-state index is -0.330. The minimum Gasteiger partial charge on any atom is -0.349 e. The summed E-state index contributed by atoms with van der Waals surface area (Å²) >= 11 is 0. The van der Waals surface area contributed by atoms with Crippen molar-refractivity contribution in [2.75, 3.05) is 0 Å². The summed E-state index contributed by atoms with van der Waals surface area (Å²) in [6.45, 7) is 6.03. The third kappa shape index (κ3) is 3.35. The number of carbonyl (C=O) groups is 1. The molecule has 0 bridgehead atoms. The lowest BCUT2D eigenvalue weighted by molar-refractivity contribution is 0.0930. The van der Waals surface area contributed by atoms with Crippen molar-refractivity contribution in [1.29, 1.82) is 0 Å². The van der Waals surface area contributed by atoms with E-state index < -0.39 is 0 Å². The lowest BCUT2D eigenvalue weighted by Gasteiger charge is -2.17. The molecule has 1 rings (SSSR count). The predicted octanol–water partition coefficient (Wildman–Crippen LogP) is 2.60. The highest BCUT2D eigenvalue weighted by atomic mass is 19.1. The zero-order valence-corrected chi connectivity index (χ0v) is 9.25. The summed E-state index contributed by atoms with van der Waals surface area (Å²) in [6.07, 6.45) is 0. The molecule has 0 saturated heterocycles. The van der Waals surface area contributed by atoms with Gasteiger partial charge in [-0.15, -0.1) is 0 Å². The van der Waals surface area contributed by atoms with E-state index in [9.17, 15) is 9.18 Å². The van der Waals surface area contributed by atoms with Crippen LogP contribution in [-0.2, 0) is 0 Å². The van der Waals surface area contributed by atoms with Gasteiger partial charge in [0, 0.05) is 11.6 Å². The Kier molecular flexibility index (Phi) is 3.83. The maximum absolute atomic E-state index is 12.6. The lowest BCUT2D eigenvalue weighted by atomic mass is 10.1. The third-order valence-electron chi connectivity index (χ3n) is 2.47. The standard InChI is InChI=1S/C12H16FNO/c1-8(2)9(3)14-12(15)10-4-6-11(13)7-5-10/h4-9H,1-3H3,(H,14,15)/t9-/m0/s1. The van der Waals surface area contributed by atoms with Crippen LogP contribution in [0.3, 0.4) is 0 Å². The first kappa shape index (κ1) is 11.7. The summed E-state index contributed by atoms with van der Waals surface area (Å²) in [7, 11) is 0. The van der Waals surface area contributed by atoms with Gasteiger partial charge in [-0.25, -0.2) is 4.39 Å². The molecule has 0 heterocycles. The molecule has 0 aliphatic rings. The molecular formula is C12H16FNO. The minimum absolute atomic E-state index is 0.113. The first-order valence-corrected chi connectivity index (χ1v) is 5.07. The van der Waals surface area contributed by atoms with Gasteiger partial charge in [0.1, 0.15) is 5.82 Å². The van der Waals surface area contributed by atoms with Crippen LogP contribution in [0.2, 0.25) is 0 Å². The third-order valence-corrected chi connectivity index (χ3v) is 2.47. The van der Waals surface area contributed by atoms with E-state index >= 15 is 0 Å². The number of halogens is 1. The number of nitrogens with one attached hydrogen (secondary N) is 1. The Morgan fingerprint density at radius 3 is 2.20 bits per heavy atom. The molecule has 1 amide bonds.